The summed E-state index contributed by atoms with van der Waals surface area (Å²) in [7, 11) is 1.73. The van der Waals surface area contributed by atoms with Crippen LogP contribution in [0.15, 0.2) is 22.7 Å². The van der Waals surface area contributed by atoms with Gasteiger partial charge >= 0.3 is 0 Å². The summed E-state index contributed by atoms with van der Waals surface area (Å²) in [5, 5.41) is 3.59. The molecule has 0 radical (unpaired) electrons. The first kappa shape index (κ1) is 16.5. The SMILES string of the molecule is CCNC(CCc1cc(Br)ccc1OC)C(C)(C)C. The van der Waals surface area contributed by atoms with E-state index in [9.17, 15) is 0 Å². The van der Waals surface area contributed by atoms with E-state index in [1.165, 1.54) is 5.56 Å². The van der Waals surface area contributed by atoms with Crippen LogP contribution in [0.2, 0.25) is 0 Å². The molecule has 0 spiro atoms. The molecule has 1 aromatic rings. The van der Waals surface area contributed by atoms with Gasteiger partial charge in [-0.15, -0.1) is 0 Å². The lowest BCUT2D eigenvalue weighted by atomic mass is 9.83. The predicted molar refractivity (Wildman–Crippen MR) is 85.9 cm³/mol. The van der Waals surface area contributed by atoms with Gasteiger partial charge in [0.05, 0.1) is 7.11 Å². The Bertz CT molecular complexity index is 398. The first-order chi connectivity index (χ1) is 8.88. The summed E-state index contributed by atoms with van der Waals surface area (Å²) in [6.07, 6.45) is 2.14. The molecule has 1 aromatic carbocycles. The largest absolute Gasteiger partial charge is 0.496 e. The Labute approximate surface area is 126 Å². The van der Waals surface area contributed by atoms with Crippen molar-refractivity contribution in [1.29, 1.82) is 0 Å². The van der Waals surface area contributed by atoms with E-state index >= 15 is 0 Å². The van der Waals surface area contributed by atoms with E-state index in [1.54, 1.807) is 7.11 Å². The maximum atomic E-state index is 5.44. The standard InChI is InChI=1S/C16H26BrNO/c1-6-18-15(16(2,3)4)10-7-12-11-13(17)8-9-14(12)19-5/h8-9,11,15,18H,6-7,10H2,1-5H3. The van der Waals surface area contributed by atoms with Crippen molar-refractivity contribution in [3.8, 4) is 5.75 Å². The van der Waals surface area contributed by atoms with Gasteiger partial charge in [-0.25, -0.2) is 0 Å². The zero-order valence-corrected chi connectivity index (χ0v) is 14.3. The zero-order valence-electron chi connectivity index (χ0n) is 12.7. The quantitative estimate of drug-likeness (QED) is 0.835. The van der Waals surface area contributed by atoms with Crippen LogP contribution in [0.4, 0.5) is 0 Å². The smallest absolute Gasteiger partial charge is 0.122 e. The van der Waals surface area contributed by atoms with Crippen molar-refractivity contribution in [2.45, 2.75) is 46.6 Å². The average Bonchev–Trinajstić information content (AvgIpc) is 2.33. The van der Waals surface area contributed by atoms with Gasteiger partial charge in [0.25, 0.3) is 0 Å². The summed E-state index contributed by atoms with van der Waals surface area (Å²) in [6.45, 7) is 10.0. The number of halogens is 1. The second-order valence-corrected chi connectivity index (χ2v) is 6.89. The number of aryl methyl sites for hydroxylation is 1. The summed E-state index contributed by atoms with van der Waals surface area (Å²) in [5.74, 6) is 0.979. The Morgan fingerprint density at radius 1 is 1.32 bits per heavy atom. The van der Waals surface area contributed by atoms with E-state index in [0.29, 0.717) is 6.04 Å². The first-order valence-electron chi connectivity index (χ1n) is 6.94. The van der Waals surface area contributed by atoms with Crippen LogP contribution in [0.5, 0.6) is 5.75 Å². The van der Waals surface area contributed by atoms with Crippen LogP contribution >= 0.6 is 15.9 Å². The van der Waals surface area contributed by atoms with E-state index in [-0.39, 0.29) is 5.41 Å². The van der Waals surface area contributed by atoms with Gasteiger partial charge in [-0.3, -0.25) is 0 Å². The first-order valence-corrected chi connectivity index (χ1v) is 7.73. The van der Waals surface area contributed by atoms with Crippen LogP contribution in [-0.4, -0.2) is 19.7 Å². The summed E-state index contributed by atoms with van der Waals surface area (Å²) >= 11 is 3.53. The molecule has 0 aliphatic rings. The average molecular weight is 328 g/mol. The van der Waals surface area contributed by atoms with Crippen molar-refractivity contribution in [3.05, 3.63) is 28.2 Å². The third kappa shape index (κ3) is 5.15. The highest BCUT2D eigenvalue weighted by Gasteiger charge is 2.23. The molecule has 0 amide bonds. The van der Waals surface area contributed by atoms with Gasteiger partial charge in [0.2, 0.25) is 0 Å². The lowest BCUT2D eigenvalue weighted by Gasteiger charge is -2.31. The van der Waals surface area contributed by atoms with Gasteiger partial charge in [-0.2, -0.15) is 0 Å². The zero-order chi connectivity index (χ0) is 14.5. The molecule has 0 bridgehead atoms. The molecule has 108 valence electrons. The fourth-order valence-electron chi connectivity index (χ4n) is 2.33. The molecule has 1 unspecified atom stereocenters. The highest BCUT2D eigenvalue weighted by Crippen LogP contribution is 2.28. The van der Waals surface area contributed by atoms with Gasteiger partial charge in [0.1, 0.15) is 5.75 Å². The van der Waals surface area contributed by atoms with Crippen LogP contribution in [0.1, 0.15) is 39.7 Å². The van der Waals surface area contributed by atoms with Crippen molar-refractivity contribution >= 4 is 15.9 Å². The molecular formula is C16H26BrNO. The van der Waals surface area contributed by atoms with E-state index in [1.807, 2.05) is 12.1 Å². The van der Waals surface area contributed by atoms with Gasteiger partial charge in [-0.1, -0.05) is 43.6 Å². The van der Waals surface area contributed by atoms with E-state index < -0.39 is 0 Å². The number of hydrogen-bond donors (Lipinski definition) is 1. The normalized spacial score (nSPS) is 13.4. The number of benzene rings is 1. The van der Waals surface area contributed by atoms with E-state index in [0.717, 1.165) is 29.6 Å². The van der Waals surface area contributed by atoms with Crippen molar-refractivity contribution in [3.63, 3.8) is 0 Å². The van der Waals surface area contributed by atoms with Crippen LogP contribution < -0.4 is 10.1 Å². The second-order valence-electron chi connectivity index (χ2n) is 5.97. The van der Waals surface area contributed by atoms with Crippen molar-refractivity contribution in [1.82, 2.24) is 5.32 Å². The molecule has 0 heterocycles. The number of nitrogens with one attached hydrogen (secondary N) is 1. The summed E-state index contributed by atoms with van der Waals surface area (Å²) in [4.78, 5) is 0. The van der Waals surface area contributed by atoms with E-state index in [4.69, 9.17) is 4.74 Å². The van der Waals surface area contributed by atoms with Crippen LogP contribution in [0, 0.1) is 5.41 Å². The van der Waals surface area contributed by atoms with Crippen molar-refractivity contribution in [2.75, 3.05) is 13.7 Å². The molecule has 0 aliphatic heterocycles. The highest BCUT2D eigenvalue weighted by atomic mass is 79.9. The molecule has 0 aromatic heterocycles. The van der Waals surface area contributed by atoms with Crippen molar-refractivity contribution in [2.24, 2.45) is 5.41 Å². The lowest BCUT2D eigenvalue weighted by molar-refractivity contribution is 0.257. The summed E-state index contributed by atoms with van der Waals surface area (Å²) in [6, 6.07) is 6.72. The third-order valence-electron chi connectivity index (χ3n) is 3.44. The predicted octanol–water partition coefficient (Wildman–Crippen LogP) is 4.41. The van der Waals surface area contributed by atoms with Gasteiger partial charge in [-0.05, 0) is 48.6 Å². The summed E-state index contributed by atoms with van der Waals surface area (Å²) < 4.78 is 6.55. The Balaban J connectivity index is 2.76. The number of hydrogen-bond acceptors (Lipinski definition) is 2. The molecule has 3 heteroatoms. The van der Waals surface area contributed by atoms with Crippen LogP contribution in [0.3, 0.4) is 0 Å². The Hall–Kier alpha value is -0.540. The second kappa shape index (κ2) is 7.30. The molecule has 19 heavy (non-hydrogen) atoms. The minimum atomic E-state index is 0.273. The molecule has 0 fully saturated rings. The minimum Gasteiger partial charge on any atom is -0.496 e. The Kier molecular flexibility index (Phi) is 6.34. The maximum absolute atomic E-state index is 5.44. The monoisotopic (exact) mass is 327 g/mol. The topological polar surface area (TPSA) is 21.3 Å². The van der Waals surface area contributed by atoms with Crippen molar-refractivity contribution < 1.29 is 4.74 Å². The molecule has 1 atom stereocenters. The third-order valence-corrected chi connectivity index (χ3v) is 3.93. The Morgan fingerprint density at radius 3 is 2.53 bits per heavy atom. The highest BCUT2D eigenvalue weighted by molar-refractivity contribution is 9.10. The molecule has 1 N–H and O–H groups in total. The molecule has 1 rings (SSSR count). The van der Waals surface area contributed by atoms with Gasteiger partial charge < -0.3 is 10.1 Å². The molecular weight excluding hydrogens is 302 g/mol. The van der Waals surface area contributed by atoms with E-state index in [2.05, 4.69) is 55.0 Å². The molecule has 0 saturated heterocycles. The minimum absolute atomic E-state index is 0.273. The van der Waals surface area contributed by atoms with Gasteiger partial charge in [0.15, 0.2) is 0 Å². The molecule has 0 saturated carbocycles. The van der Waals surface area contributed by atoms with Gasteiger partial charge in [0, 0.05) is 10.5 Å². The Morgan fingerprint density at radius 2 is 2.00 bits per heavy atom. The molecule has 0 aliphatic carbocycles. The molecule has 2 nitrogen and oxygen atoms in total. The van der Waals surface area contributed by atoms with Crippen LogP contribution in [0.25, 0.3) is 0 Å². The number of methoxy groups -OCH3 is 1. The number of rotatable bonds is 6. The maximum Gasteiger partial charge on any atom is 0.122 e. The van der Waals surface area contributed by atoms with Crippen LogP contribution in [-0.2, 0) is 6.42 Å². The fraction of sp³-hybridized carbons (Fsp3) is 0.625. The number of ether oxygens (including phenoxy) is 1. The summed E-state index contributed by atoms with van der Waals surface area (Å²) in [5.41, 5.74) is 1.54. The lowest BCUT2D eigenvalue weighted by Crippen LogP contribution is -2.40. The fourth-order valence-corrected chi connectivity index (χ4v) is 2.74.